The fraction of sp³-hybridized carbons (Fsp3) is 0.455. The molecule has 1 nitrogen and oxygen atoms in total. The maximum absolute atomic E-state index is 6.10. The summed E-state index contributed by atoms with van der Waals surface area (Å²) in [7, 11) is 0. The van der Waals surface area contributed by atoms with E-state index in [0.717, 1.165) is 24.4 Å². The minimum Gasteiger partial charge on any atom is -0.330 e. The van der Waals surface area contributed by atoms with Crippen LogP contribution in [0, 0.1) is 0 Å². The van der Waals surface area contributed by atoms with E-state index in [1.807, 2.05) is 12.1 Å². The summed E-state index contributed by atoms with van der Waals surface area (Å²) >= 11 is 6.10. The average Bonchev–Trinajstić information content (AvgIpc) is 2.51. The van der Waals surface area contributed by atoms with Gasteiger partial charge >= 0.3 is 0 Å². The number of fused-ring (bicyclic) bond motifs is 1. The molecule has 1 aliphatic carbocycles. The molecule has 0 fully saturated rings. The number of nitrogens with two attached hydrogens (primary N) is 1. The smallest absolute Gasteiger partial charge is 0.0440 e. The lowest BCUT2D eigenvalue weighted by Crippen LogP contribution is -2.04. The molecule has 2 rings (SSSR count). The van der Waals surface area contributed by atoms with Crippen molar-refractivity contribution < 1.29 is 0 Å². The number of hydrogen-bond donors (Lipinski definition) is 1. The van der Waals surface area contributed by atoms with Crippen LogP contribution in [-0.2, 0) is 6.42 Å². The maximum Gasteiger partial charge on any atom is 0.0440 e. The predicted octanol–water partition coefficient (Wildman–Crippen LogP) is 2.72. The van der Waals surface area contributed by atoms with Crippen LogP contribution in [0.25, 0.3) is 0 Å². The highest BCUT2D eigenvalue weighted by atomic mass is 35.5. The zero-order valence-corrected chi connectivity index (χ0v) is 8.35. The number of benzene rings is 1. The Morgan fingerprint density at radius 2 is 2.31 bits per heavy atom. The van der Waals surface area contributed by atoms with E-state index >= 15 is 0 Å². The standard InChI is InChI=1S/C11H14ClN/c12-11-3-1-2-9-8(6-7-13)4-5-10(9)11/h1-3,8H,4-7,13H2. The minimum absolute atomic E-state index is 0.652. The normalized spacial score (nSPS) is 20.3. The van der Waals surface area contributed by atoms with E-state index in [2.05, 4.69) is 6.07 Å². The molecule has 1 aromatic rings. The first-order valence-corrected chi connectivity index (χ1v) is 5.18. The van der Waals surface area contributed by atoms with Crippen LogP contribution < -0.4 is 5.73 Å². The first kappa shape index (κ1) is 9.04. The van der Waals surface area contributed by atoms with Gasteiger partial charge in [-0.1, -0.05) is 23.7 Å². The van der Waals surface area contributed by atoms with Crippen LogP contribution in [0.3, 0.4) is 0 Å². The summed E-state index contributed by atoms with van der Waals surface area (Å²) in [4.78, 5) is 0. The van der Waals surface area contributed by atoms with Gasteiger partial charge in [-0.05, 0) is 48.9 Å². The molecular formula is C11H14ClN. The Labute approximate surface area is 83.9 Å². The summed E-state index contributed by atoms with van der Waals surface area (Å²) in [5.41, 5.74) is 8.35. The zero-order chi connectivity index (χ0) is 9.26. The zero-order valence-electron chi connectivity index (χ0n) is 7.59. The fourth-order valence-corrected chi connectivity index (χ4v) is 2.47. The molecule has 0 aromatic heterocycles. The molecule has 2 N–H and O–H groups in total. The third-order valence-corrected chi connectivity index (χ3v) is 3.21. The molecule has 13 heavy (non-hydrogen) atoms. The second-order valence-electron chi connectivity index (χ2n) is 3.62. The highest BCUT2D eigenvalue weighted by molar-refractivity contribution is 6.31. The summed E-state index contributed by atoms with van der Waals surface area (Å²) in [5.74, 6) is 0.652. The molecule has 2 heteroatoms. The average molecular weight is 196 g/mol. The van der Waals surface area contributed by atoms with E-state index in [4.69, 9.17) is 17.3 Å². The Hall–Kier alpha value is -0.530. The quantitative estimate of drug-likeness (QED) is 0.772. The van der Waals surface area contributed by atoms with Gasteiger partial charge < -0.3 is 5.73 Å². The Morgan fingerprint density at radius 1 is 1.46 bits per heavy atom. The van der Waals surface area contributed by atoms with Crippen LogP contribution in [0.1, 0.15) is 29.9 Å². The van der Waals surface area contributed by atoms with Crippen molar-refractivity contribution in [1.29, 1.82) is 0 Å². The lowest BCUT2D eigenvalue weighted by atomic mass is 9.98. The number of halogens is 1. The van der Waals surface area contributed by atoms with Crippen molar-refractivity contribution in [3.05, 3.63) is 34.3 Å². The predicted molar refractivity (Wildman–Crippen MR) is 56.2 cm³/mol. The first-order chi connectivity index (χ1) is 6.33. The van der Waals surface area contributed by atoms with Crippen molar-refractivity contribution in [3.63, 3.8) is 0 Å². The van der Waals surface area contributed by atoms with Crippen LogP contribution in [0.15, 0.2) is 18.2 Å². The summed E-state index contributed by atoms with van der Waals surface area (Å²) in [6.07, 6.45) is 3.43. The number of hydrogen-bond acceptors (Lipinski definition) is 1. The highest BCUT2D eigenvalue weighted by Crippen LogP contribution is 2.38. The number of rotatable bonds is 2. The molecule has 0 amide bonds. The van der Waals surface area contributed by atoms with Gasteiger partial charge in [-0.2, -0.15) is 0 Å². The SMILES string of the molecule is NCCC1CCc2c(Cl)cccc21. The Kier molecular flexibility index (Phi) is 2.56. The van der Waals surface area contributed by atoms with Crippen molar-refractivity contribution in [1.82, 2.24) is 0 Å². The monoisotopic (exact) mass is 195 g/mol. The Morgan fingerprint density at radius 3 is 3.08 bits per heavy atom. The summed E-state index contributed by atoms with van der Waals surface area (Å²) in [6, 6.07) is 6.20. The molecule has 0 heterocycles. The molecule has 1 unspecified atom stereocenters. The van der Waals surface area contributed by atoms with Crippen molar-refractivity contribution in [3.8, 4) is 0 Å². The molecular weight excluding hydrogens is 182 g/mol. The van der Waals surface area contributed by atoms with Crippen molar-refractivity contribution in [2.24, 2.45) is 5.73 Å². The van der Waals surface area contributed by atoms with Gasteiger partial charge in [0.2, 0.25) is 0 Å². The molecule has 0 radical (unpaired) electrons. The molecule has 1 atom stereocenters. The largest absolute Gasteiger partial charge is 0.330 e. The van der Waals surface area contributed by atoms with Crippen LogP contribution in [0.2, 0.25) is 5.02 Å². The van der Waals surface area contributed by atoms with Gasteiger partial charge in [-0.3, -0.25) is 0 Å². The minimum atomic E-state index is 0.652. The lowest BCUT2D eigenvalue weighted by molar-refractivity contribution is 0.627. The van der Waals surface area contributed by atoms with E-state index in [1.165, 1.54) is 17.5 Å². The second kappa shape index (κ2) is 3.69. The van der Waals surface area contributed by atoms with Crippen molar-refractivity contribution in [2.45, 2.75) is 25.2 Å². The molecule has 0 aliphatic heterocycles. The molecule has 1 aromatic carbocycles. The van der Waals surface area contributed by atoms with Crippen LogP contribution >= 0.6 is 11.6 Å². The topological polar surface area (TPSA) is 26.0 Å². The van der Waals surface area contributed by atoms with Crippen LogP contribution in [-0.4, -0.2) is 6.54 Å². The van der Waals surface area contributed by atoms with Gasteiger partial charge in [-0.15, -0.1) is 0 Å². The summed E-state index contributed by atoms with van der Waals surface area (Å²) < 4.78 is 0. The van der Waals surface area contributed by atoms with Crippen LogP contribution in [0.5, 0.6) is 0 Å². The third-order valence-electron chi connectivity index (χ3n) is 2.85. The van der Waals surface area contributed by atoms with E-state index in [-0.39, 0.29) is 0 Å². The first-order valence-electron chi connectivity index (χ1n) is 4.80. The molecule has 0 bridgehead atoms. The second-order valence-corrected chi connectivity index (χ2v) is 4.03. The van der Waals surface area contributed by atoms with Crippen molar-refractivity contribution >= 4 is 11.6 Å². The maximum atomic E-state index is 6.10. The van der Waals surface area contributed by atoms with Gasteiger partial charge in [-0.25, -0.2) is 0 Å². The van der Waals surface area contributed by atoms with E-state index in [1.54, 1.807) is 0 Å². The molecule has 1 aliphatic rings. The van der Waals surface area contributed by atoms with E-state index < -0.39 is 0 Å². The third kappa shape index (κ3) is 1.59. The summed E-state index contributed by atoms with van der Waals surface area (Å²) in [5, 5.41) is 0.928. The molecule has 0 saturated heterocycles. The lowest BCUT2D eigenvalue weighted by Gasteiger charge is -2.09. The van der Waals surface area contributed by atoms with E-state index in [9.17, 15) is 0 Å². The van der Waals surface area contributed by atoms with Gasteiger partial charge in [0.1, 0.15) is 0 Å². The Balaban J connectivity index is 2.32. The molecule has 0 saturated carbocycles. The van der Waals surface area contributed by atoms with Gasteiger partial charge in [0.05, 0.1) is 0 Å². The van der Waals surface area contributed by atoms with Gasteiger partial charge in [0.25, 0.3) is 0 Å². The summed E-state index contributed by atoms with van der Waals surface area (Å²) in [6.45, 7) is 0.774. The van der Waals surface area contributed by atoms with Crippen LogP contribution in [0.4, 0.5) is 0 Å². The van der Waals surface area contributed by atoms with Gasteiger partial charge in [0.15, 0.2) is 0 Å². The van der Waals surface area contributed by atoms with Gasteiger partial charge in [0, 0.05) is 5.02 Å². The fourth-order valence-electron chi connectivity index (χ4n) is 2.20. The van der Waals surface area contributed by atoms with E-state index in [0.29, 0.717) is 5.92 Å². The van der Waals surface area contributed by atoms with Crippen molar-refractivity contribution in [2.75, 3.05) is 6.54 Å². The molecule has 0 spiro atoms. The highest BCUT2D eigenvalue weighted by Gasteiger charge is 2.22. The Bertz CT molecular complexity index is 309. The molecule has 70 valence electrons.